The lowest BCUT2D eigenvalue weighted by molar-refractivity contribution is -0.113. The molecule has 1 saturated heterocycles. The summed E-state index contributed by atoms with van der Waals surface area (Å²) in [6.45, 7) is 1.57. The number of anilines is 2. The number of amides is 1. The maximum atomic E-state index is 11.9. The van der Waals surface area contributed by atoms with Gasteiger partial charge in [0.05, 0.1) is 16.9 Å². The number of nitrogens with one attached hydrogen (secondary N) is 2. The van der Waals surface area contributed by atoms with Gasteiger partial charge in [-0.3, -0.25) is 4.79 Å². The molecular formula is C14H16ClN5O2S2. The maximum Gasteiger partial charge on any atom is 0.235 e. The number of thioether (sulfide) groups is 1. The van der Waals surface area contributed by atoms with Gasteiger partial charge >= 0.3 is 0 Å². The van der Waals surface area contributed by atoms with Gasteiger partial charge in [-0.2, -0.15) is 0 Å². The Morgan fingerprint density at radius 1 is 1.46 bits per heavy atom. The van der Waals surface area contributed by atoms with Crippen molar-refractivity contribution in [2.45, 2.75) is 23.3 Å². The molecule has 0 radical (unpaired) electrons. The van der Waals surface area contributed by atoms with Crippen LogP contribution in [0.3, 0.4) is 0 Å². The molecule has 10 heteroatoms. The van der Waals surface area contributed by atoms with Crippen molar-refractivity contribution in [3.63, 3.8) is 0 Å². The molecule has 1 aliphatic heterocycles. The van der Waals surface area contributed by atoms with Gasteiger partial charge in [-0.05, 0) is 25.0 Å². The highest BCUT2D eigenvalue weighted by atomic mass is 35.5. The van der Waals surface area contributed by atoms with E-state index in [0.29, 0.717) is 10.8 Å². The first-order chi connectivity index (χ1) is 11.7. The van der Waals surface area contributed by atoms with Crippen molar-refractivity contribution in [3.05, 3.63) is 23.4 Å². The molecule has 128 valence electrons. The van der Waals surface area contributed by atoms with Crippen molar-refractivity contribution in [2.24, 2.45) is 0 Å². The summed E-state index contributed by atoms with van der Waals surface area (Å²) in [7, 11) is 0. The molecule has 0 aromatic carbocycles. The van der Waals surface area contributed by atoms with Crippen LogP contribution in [0.5, 0.6) is 0 Å². The summed E-state index contributed by atoms with van der Waals surface area (Å²) in [4.78, 5) is 15.9. The van der Waals surface area contributed by atoms with Crippen LogP contribution in [-0.2, 0) is 9.53 Å². The third-order valence-corrected chi connectivity index (χ3v) is 5.47. The standard InChI is InChI=1S/C14H16ClN5O2S2/c15-9-3-4-11(16-6-9)18-12(21)8-23-14-20-19-13(24-14)17-7-10-2-1-5-22-10/h3-4,6,10H,1-2,5,7-8H2,(H,17,19)(H,16,18,21)/t10-/m0/s1. The van der Waals surface area contributed by atoms with E-state index in [-0.39, 0.29) is 17.8 Å². The summed E-state index contributed by atoms with van der Waals surface area (Å²) in [6.07, 6.45) is 3.93. The Balaban J connectivity index is 1.41. The Labute approximate surface area is 152 Å². The Bertz CT molecular complexity index is 676. The van der Waals surface area contributed by atoms with Gasteiger partial charge in [-0.15, -0.1) is 10.2 Å². The molecule has 24 heavy (non-hydrogen) atoms. The quantitative estimate of drug-likeness (QED) is 0.708. The Kier molecular flexibility index (Phi) is 6.24. The zero-order chi connectivity index (χ0) is 16.8. The summed E-state index contributed by atoms with van der Waals surface area (Å²) in [5.41, 5.74) is 0. The minimum atomic E-state index is -0.154. The molecule has 3 rings (SSSR count). The first-order valence-corrected chi connectivity index (χ1v) is 9.60. The highest BCUT2D eigenvalue weighted by Crippen LogP contribution is 2.26. The van der Waals surface area contributed by atoms with E-state index in [1.165, 1.54) is 29.3 Å². The molecule has 7 nitrogen and oxygen atoms in total. The Hall–Kier alpha value is -1.42. The molecule has 0 spiro atoms. The van der Waals surface area contributed by atoms with Crippen molar-refractivity contribution in [2.75, 3.05) is 29.5 Å². The number of nitrogens with zero attached hydrogens (tertiary/aromatic N) is 3. The van der Waals surface area contributed by atoms with Gasteiger partial charge in [-0.25, -0.2) is 4.98 Å². The molecule has 2 N–H and O–H groups in total. The van der Waals surface area contributed by atoms with Gasteiger partial charge in [0.1, 0.15) is 5.82 Å². The molecule has 3 heterocycles. The molecule has 0 aliphatic carbocycles. The number of pyridine rings is 1. The van der Waals surface area contributed by atoms with Gasteiger partial charge in [0.25, 0.3) is 0 Å². The molecule has 0 saturated carbocycles. The van der Waals surface area contributed by atoms with Crippen LogP contribution in [0.15, 0.2) is 22.7 Å². The zero-order valence-electron chi connectivity index (χ0n) is 12.7. The van der Waals surface area contributed by atoms with E-state index in [1.54, 1.807) is 12.1 Å². The van der Waals surface area contributed by atoms with E-state index >= 15 is 0 Å². The van der Waals surface area contributed by atoms with Crippen LogP contribution in [0.25, 0.3) is 0 Å². The molecule has 2 aromatic heterocycles. The monoisotopic (exact) mass is 385 g/mol. The summed E-state index contributed by atoms with van der Waals surface area (Å²) in [5, 5.41) is 15.3. The summed E-state index contributed by atoms with van der Waals surface area (Å²) in [5.74, 6) is 0.560. The van der Waals surface area contributed by atoms with E-state index in [1.807, 2.05) is 0 Å². The summed E-state index contributed by atoms with van der Waals surface area (Å²) >= 11 is 8.52. The highest BCUT2D eigenvalue weighted by Gasteiger charge is 2.16. The van der Waals surface area contributed by atoms with Gasteiger partial charge in [0.2, 0.25) is 11.0 Å². The molecule has 0 unspecified atom stereocenters. The number of aromatic nitrogens is 3. The molecule has 2 aromatic rings. The van der Waals surface area contributed by atoms with Gasteiger partial charge in [-0.1, -0.05) is 34.7 Å². The summed E-state index contributed by atoms with van der Waals surface area (Å²) in [6, 6.07) is 3.33. The zero-order valence-corrected chi connectivity index (χ0v) is 15.1. The molecule has 1 aliphatic rings. The second kappa shape index (κ2) is 8.61. The lowest BCUT2D eigenvalue weighted by Gasteiger charge is -2.08. The smallest absolute Gasteiger partial charge is 0.235 e. The average molecular weight is 386 g/mol. The lowest BCUT2D eigenvalue weighted by Crippen LogP contribution is -2.18. The van der Waals surface area contributed by atoms with Crippen LogP contribution in [0.1, 0.15) is 12.8 Å². The second-order valence-electron chi connectivity index (χ2n) is 5.09. The minimum Gasteiger partial charge on any atom is -0.376 e. The number of halogens is 1. The molecule has 1 amide bonds. The van der Waals surface area contributed by atoms with Crippen molar-refractivity contribution in [1.82, 2.24) is 15.2 Å². The van der Waals surface area contributed by atoms with Crippen LogP contribution >= 0.6 is 34.7 Å². The van der Waals surface area contributed by atoms with Crippen LogP contribution < -0.4 is 10.6 Å². The highest BCUT2D eigenvalue weighted by molar-refractivity contribution is 8.01. The number of hydrogen-bond donors (Lipinski definition) is 2. The number of hydrogen-bond acceptors (Lipinski definition) is 8. The van der Waals surface area contributed by atoms with Gasteiger partial charge < -0.3 is 15.4 Å². The molecule has 1 fully saturated rings. The fourth-order valence-corrected chi connectivity index (χ4v) is 3.77. The normalized spacial score (nSPS) is 17.0. The van der Waals surface area contributed by atoms with Gasteiger partial charge in [0, 0.05) is 19.3 Å². The maximum absolute atomic E-state index is 11.9. The van der Waals surface area contributed by atoms with Crippen molar-refractivity contribution < 1.29 is 9.53 Å². The SMILES string of the molecule is O=C(CSc1nnc(NC[C@@H]2CCCO2)s1)Nc1ccc(Cl)cn1. The fraction of sp³-hybridized carbons (Fsp3) is 0.429. The van der Waals surface area contributed by atoms with Crippen LogP contribution in [0.4, 0.5) is 10.9 Å². The third kappa shape index (κ3) is 5.30. The van der Waals surface area contributed by atoms with Crippen molar-refractivity contribution in [1.29, 1.82) is 0 Å². The molecule has 1 atom stereocenters. The van der Waals surface area contributed by atoms with E-state index in [4.69, 9.17) is 16.3 Å². The van der Waals surface area contributed by atoms with Crippen molar-refractivity contribution >= 4 is 51.6 Å². The molecular weight excluding hydrogens is 370 g/mol. The minimum absolute atomic E-state index is 0.154. The van der Waals surface area contributed by atoms with Crippen LogP contribution in [0, 0.1) is 0 Å². The largest absolute Gasteiger partial charge is 0.376 e. The molecule has 0 bridgehead atoms. The lowest BCUT2D eigenvalue weighted by atomic mass is 10.2. The predicted molar refractivity (Wildman–Crippen MR) is 96.0 cm³/mol. The number of carbonyl (C=O) groups excluding carboxylic acids is 1. The van der Waals surface area contributed by atoms with Crippen LogP contribution in [-0.4, -0.2) is 46.1 Å². The topological polar surface area (TPSA) is 89.0 Å². The number of rotatable bonds is 7. The van der Waals surface area contributed by atoms with E-state index in [0.717, 1.165) is 35.5 Å². The van der Waals surface area contributed by atoms with E-state index in [9.17, 15) is 4.79 Å². The van der Waals surface area contributed by atoms with Crippen molar-refractivity contribution in [3.8, 4) is 0 Å². The van der Waals surface area contributed by atoms with E-state index in [2.05, 4.69) is 25.8 Å². The Morgan fingerprint density at radius 3 is 3.12 bits per heavy atom. The van der Waals surface area contributed by atoms with Gasteiger partial charge in [0.15, 0.2) is 4.34 Å². The Morgan fingerprint density at radius 2 is 2.38 bits per heavy atom. The predicted octanol–water partition coefficient (Wildman–Crippen LogP) is 2.91. The fourth-order valence-electron chi connectivity index (χ4n) is 2.10. The third-order valence-electron chi connectivity index (χ3n) is 3.23. The summed E-state index contributed by atoms with van der Waals surface area (Å²) < 4.78 is 6.29. The number of ether oxygens (including phenoxy) is 1. The number of carbonyl (C=O) groups is 1. The van der Waals surface area contributed by atoms with Crippen LogP contribution in [0.2, 0.25) is 5.02 Å². The van der Waals surface area contributed by atoms with E-state index < -0.39 is 0 Å². The second-order valence-corrected chi connectivity index (χ2v) is 7.72. The average Bonchev–Trinajstić information content (AvgIpc) is 3.25. The first-order valence-electron chi connectivity index (χ1n) is 7.42. The first kappa shape index (κ1) is 17.4.